The lowest BCUT2D eigenvalue weighted by molar-refractivity contribution is 0.820. The molecule has 62 valence electrons. The average Bonchev–Trinajstić information content (AvgIpc) is 2.17. The molecule has 1 atom stereocenters. The van der Waals surface area contributed by atoms with E-state index in [4.69, 9.17) is 0 Å². The number of rotatable bonds is 1. The average molecular weight is 215 g/mol. The molecule has 1 aliphatic carbocycles. The van der Waals surface area contributed by atoms with E-state index in [1.807, 2.05) is 0 Å². The summed E-state index contributed by atoms with van der Waals surface area (Å²) in [5.41, 5.74) is 6.08. The van der Waals surface area contributed by atoms with Gasteiger partial charge in [0.05, 0.1) is 0 Å². The minimum absolute atomic E-state index is 0.661. The van der Waals surface area contributed by atoms with Crippen molar-refractivity contribution in [3.8, 4) is 0 Å². The Morgan fingerprint density at radius 3 is 1.91 bits per heavy atom. The van der Waals surface area contributed by atoms with Crippen molar-refractivity contribution in [1.82, 2.24) is 0 Å². The second-order valence-electron chi connectivity index (χ2n) is 3.31. The molecule has 11 heavy (non-hydrogen) atoms. The van der Waals surface area contributed by atoms with Crippen LogP contribution in [-0.2, 0) is 0 Å². The Kier molecular flexibility index (Phi) is 2.58. The summed E-state index contributed by atoms with van der Waals surface area (Å²) in [7, 11) is 0. The Morgan fingerprint density at radius 1 is 1.18 bits per heavy atom. The third kappa shape index (κ3) is 1.31. The van der Waals surface area contributed by atoms with Crippen LogP contribution in [0, 0.1) is 5.92 Å². The lowest BCUT2D eigenvalue weighted by Crippen LogP contribution is -1.97. The van der Waals surface area contributed by atoms with Crippen molar-refractivity contribution in [3.63, 3.8) is 0 Å². The van der Waals surface area contributed by atoms with E-state index < -0.39 is 0 Å². The summed E-state index contributed by atoms with van der Waals surface area (Å²) in [4.78, 5) is 0. The van der Waals surface area contributed by atoms with Gasteiger partial charge in [-0.1, -0.05) is 28.4 Å². The zero-order chi connectivity index (χ0) is 8.59. The molecule has 0 nitrogen and oxygen atoms in total. The van der Waals surface area contributed by atoms with Gasteiger partial charge >= 0.3 is 0 Å². The zero-order valence-electron chi connectivity index (χ0n) is 7.66. The van der Waals surface area contributed by atoms with E-state index in [-0.39, 0.29) is 0 Å². The van der Waals surface area contributed by atoms with Gasteiger partial charge in [0.15, 0.2) is 0 Å². The number of hydrogen-bond donors (Lipinski definition) is 0. The molecule has 0 amide bonds. The smallest absolute Gasteiger partial charge is 0.0253 e. The Morgan fingerprint density at radius 2 is 1.73 bits per heavy atom. The van der Waals surface area contributed by atoms with Crippen LogP contribution in [-0.4, -0.2) is 5.33 Å². The van der Waals surface area contributed by atoms with E-state index >= 15 is 0 Å². The van der Waals surface area contributed by atoms with Crippen molar-refractivity contribution in [2.45, 2.75) is 27.7 Å². The normalized spacial score (nSPS) is 25.4. The Bertz CT molecular complexity index is 233. The van der Waals surface area contributed by atoms with Gasteiger partial charge in [-0.2, -0.15) is 0 Å². The zero-order valence-corrected chi connectivity index (χ0v) is 9.25. The van der Waals surface area contributed by atoms with Crippen molar-refractivity contribution in [3.05, 3.63) is 22.3 Å². The number of hydrogen-bond acceptors (Lipinski definition) is 0. The van der Waals surface area contributed by atoms with Gasteiger partial charge in [-0.05, 0) is 43.4 Å². The molecule has 0 saturated carbocycles. The molecule has 0 saturated heterocycles. The van der Waals surface area contributed by atoms with Crippen molar-refractivity contribution in [1.29, 1.82) is 0 Å². The van der Waals surface area contributed by atoms with Crippen molar-refractivity contribution in [2.75, 3.05) is 5.33 Å². The highest BCUT2D eigenvalue weighted by Gasteiger charge is 2.21. The maximum Gasteiger partial charge on any atom is 0.0253 e. The summed E-state index contributed by atoms with van der Waals surface area (Å²) in [6.45, 7) is 8.96. The van der Waals surface area contributed by atoms with Crippen LogP contribution in [0.4, 0.5) is 0 Å². The van der Waals surface area contributed by atoms with E-state index in [1.165, 1.54) is 16.7 Å². The molecule has 1 rings (SSSR count). The van der Waals surface area contributed by atoms with Gasteiger partial charge in [-0.3, -0.25) is 0 Å². The van der Waals surface area contributed by atoms with Gasteiger partial charge in [0, 0.05) is 5.33 Å². The molecule has 0 fully saturated rings. The molecule has 0 radical (unpaired) electrons. The predicted octanol–water partition coefficient (Wildman–Crippen LogP) is 3.68. The number of alkyl halides is 1. The number of allylic oxidation sites excluding steroid dienone is 4. The lowest BCUT2D eigenvalue weighted by Gasteiger charge is -2.08. The molecule has 0 aliphatic heterocycles. The lowest BCUT2D eigenvalue weighted by atomic mass is 10.00. The summed E-state index contributed by atoms with van der Waals surface area (Å²) in [6.07, 6.45) is 0. The van der Waals surface area contributed by atoms with Crippen molar-refractivity contribution < 1.29 is 0 Å². The van der Waals surface area contributed by atoms with E-state index in [2.05, 4.69) is 43.6 Å². The molecule has 1 aliphatic rings. The summed E-state index contributed by atoms with van der Waals surface area (Å²) in [5.74, 6) is 0.661. The second kappa shape index (κ2) is 3.14. The first kappa shape index (κ1) is 9.05. The molecular weight excluding hydrogens is 200 g/mol. The molecule has 0 aromatic carbocycles. The molecule has 0 aromatic rings. The first-order valence-electron chi connectivity index (χ1n) is 4.03. The molecule has 1 heteroatoms. The third-order valence-corrected chi connectivity index (χ3v) is 3.56. The fourth-order valence-electron chi connectivity index (χ4n) is 1.66. The van der Waals surface area contributed by atoms with Crippen LogP contribution in [0.5, 0.6) is 0 Å². The highest BCUT2D eigenvalue weighted by atomic mass is 79.9. The molecule has 0 heterocycles. The predicted molar refractivity (Wildman–Crippen MR) is 54.0 cm³/mol. The van der Waals surface area contributed by atoms with Crippen LogP contribution in [0.15, 0.2) is 22.3 Å². The fraction of sp³-hybridized carbons (Fsp3) is 0.600. The van der Waals surface area contributed by atoms with Crippen LogP contribution in [0.1, 0.15) is 27.7 Å². The van der Waals surface area contributed by atoms with E-state index in [9.17, 15) is 0 Å². The monoisotopic (exact) mass is 214 g/mol. The Labute approximate surface area is 77.5 Å². The van der Waals surface area contributed by atoms with Gasteiger partial charge in [0.1, 0.15) is 0 Å². The van der Waals surface area contributed by atoms with Gasteiger partial charge in [-0.25, -0.2) is 0 Å². The fourth-order valence-corrected chi connectivity index (χ4v) is 2.57. The third-order valence-electron chi connectivity index (χ3n) is 2.95. The first-order chi connectivity index (χ1) is 5.09. The molecule has 0 spiro atoms. The van der Waals surface area contributed by atoms with Gasteiger partial charge in [0.25, 0.3) is 0 Å². The highest BCUT2D eigenvalue weighted by molar-refractivity contribution is 9.09. The second-order valence-corrected chi connectivity index (χ2v) is 3.87. The maximum absolute atomic E-state index is 3.53. The summed E-state index contributed by atoms with van der Waals surface area (Å²) in [5, 5.41) is 1.02. The minimum Gasteiger partial charge on any atom is -0.0879 e. The summed E-state index contributed by atoms with van der Waals surface area (Å²) < 4.78 is 0. The van der Waals surface area contributed by atoms with Crippen LogP contribution < -0.4 is 0 Å². The van der Waals surface area contributed by atoms with Gasteiger partial charge < -0.3 is 0 Å². The van der Waals surface area contributed by atoms with Crippen LogP contribution in [0.2, 0.25) is 0 Å². The quantitative estimate of drug-likeness (QED) is 0.585. The Balaban J connectivity index is 3.04. The van der Waals surface area contributed by atoms with Crippen molar-refractivity contribution >= 4 is 15.9 Å². The molecule has 0 bridgehead atoms. The standard InChI is InChI=1S/C10H15Br/c1-6-7(2)9(4)10(5-11)8(6)3/h8H,5H2,1-4H3. The summed E-state index contributed by atoms with van der Waals surface area (Å²) in [6, 6.07) is 0. The molecule has 0 N–H and O–H groups in total. The van der Waals surface area contributed by atoms with E-state index in [1.54, 1.807) is 5.57 Å². The van der Waals surface area contributed by atoms with E-state index in [0.29, 0.717) is 5.92 Å². The number of halogens is 1. The molecule has 1 unspecified atom stereocenters. The SMILES string of the molecule is CC1=C(C)C(C)C(CBr)=C1C. The first-order valence-corrected chi connectivity index (χ1v) is 5.15. The topological polar surface area (TPSA) is 0 Å². The molecule has 0 aromatic heterocycles. The van der Waals surface area contributed by atoms with Crippen LogP contribution in [0.25, 0.3) is 0 Å². The van der Waals surface area contributed by atoms with Crippen LogP contribution in [0.3, 0.4) is 0 Å². The maximum atomic E-state index is 3.53. The molecular formula is C10H15Br. The summed E-state index contributed by atoms with van der Waals surface area (Å²) >= 11 is 3.53. The van der Waals surface area contributed by atoms with Gasteiger partial charge in [-0.15, -0.1) is 0 Å². The highest BCUT2D eigenvalue weighted by Crippen LogP contribution is 2.36. The minimum atomic E-state index is 0.661. The van der Waals surface area contributed by atoms with Crippen LogP contribution >= 0.6 is 15.9 Å². The van der Waals surface area contributed by atoms with Crippen molar-refractivity contribution in [2.24, 2.45) is 5.92 Å². The largest absolute Gasteiger partial charge is 0.0879 e. The van der Waals surface area contributed by atoms with E-state index in [0.717, 1.165) is 5.33 Å². The van der Waals surface area contributed by atoms with Gasteiger partial charge in [0.2, 0.25) is 0 Å². The Hall–Kier alpha value is -0.0400.